The van der Waals surface area contributed by atoms with E-state index in [1.807, 2.05) is 6.20 Å². The van der Waals surface area contributed by atoms with Crippen LogP contribution in [0, 0.1) is 5.92 Å². The molecule has 3 atom stereocenters. The van der Waals surface area contributed by atoms with Gasteiger partial charge < -0.3 is 25.2 Å². The van der Waals surface area contributed by atoms with Gasteiger partial charge in [0.2, 0.25) is 0 Å². The fraction of sp³-hybridized carbons (Fsp3) is 0.750. The molecular formula is C20H33N5O. The van der Waals surface area contributed by atoms with Crippen LogP contribution in [0.15, 0.2) is 18.3 Å². The van der Waals surface area contributed by atoms with Crippen molar-refractivity contribution in [2.24, 2.45) is 5.92 Å². The van der Waals surface area contributed by atoms with E-state index < -0.39 is 0 Å². The van der Waals surface area contributed by atoms with E-state index in [1.54, 1.807) is 0 Å². The van der Waals surface area contributed by atoms with Crippen LogP contribution in [-0.4, -0.2) is 75.0 Å². The van der Waals surface area contributed by atoms with Gasteiger partial charge in [-0.05, 0) is 31.9 Å². The van der Waals surface area contributed by atoms with Crippen LogP contribution >= 0.6 is 0 Å². The first-order valence-corrected chi connectivity index (χ1v) is 10.2. The van der Waals surface area contributed by atoms with Crippen LogP contribution in [0.4, 0.5) is 5.82 Å². The second-order valence-corrected chi connectivity index (χ2v) is 7.99. The van der Waals surface area contributed by atoms with Crippen LogP contribution in [0.25, 0.3) is 0 Å². The van der Waals surface area contributed by atoms with Gasteiger partial charge in [0, 0.05) is 63.1 Å². The number of pyridine rings is 1. The average Bonchev–Trinajstić information content (AvgIpc) is 3.17. The number of aromatic nitrogens is 1. The van der Waals surface area contributed by atoms with E-state index in [2.05, 4.69) is 39.6 Å². The van der Waals surface area contributed by atoms with Gasteiger partial charge in [0.1, 0.15) is 5.82 Å². The summed E-state index contributed by atoms with van der Waals surface area (Å²) in [6, 6.07) is 5.39. The van der Waals surface area contributed by atoms with Crippen LogP contribution in [0.2, 0.25) is 0 Å². The topological polar surface area (TPSA) is 52.7 Å². The van der Waals surface area contributed by atoms with Gasteiger partial charge in [-0.3, -0.25) is 0 Å². The Morgan fingerprint density at radius 2 is 2.15 bits per heavy atom. The maximum absolute atomic E-state index is 5.70. The van der Waals surface area contributed by atoms with Crippen molar-refractivity contribution in [1.29, 1.82) is 0 Å². The smallest absolute Gasteiger partial charge is 0.133 e. The average molecular weight is 360 g/mol. The number of hydrogen-bond acceptors (Lipinski definition) is 6. The lowest BCUT2D eigenvalue weighted by molar-refractivity contribution is 0.0524. The van der Waals surface area contributed by atoms with Crippen LogP contribution < -0.4 is 15.5 Å². The first-order valence-electron chi connectivity index (χ1n) is 10.2. The van der Waals surface area contributed by atoms with Crippen LogP contribution in [0.1, 0.15) is 24.8 Å². The maximum Gasteiger partial charge on any atom is 0.133 e. The zero-order chi connectivity index (χ0) is 17.8. The second kappa shape index (κ2) is 8.65. The molecule has 0 spiro atoms. The third-order valence-electron chi connectivity index (χ3n) is 6.26. The lowest BCUT2D eigenvalue weighted by Gasteiger charge is -2.35. The zero-order valence-corrected chi connectivity index (χ0v) is 16.0. The van der Waals surface area contributed by atoms with E-state index in [4.69, 9.17) is 9.72 Å². The van der Waals surface area contributed by atoms with Gasteiger partial charge in [-0.2, -0.15) is 0 Å². The minimum absolute atomic E-state index is 0.509. The first kappa shape index (κ1) is 18.2. The monoisotopic (exact) mass is 359 g/mol. The van der Waals surface area contributed by atoms with Crippen LogP contribution in [0.5, 0.6) is 0 Å². The zero-order valence-electron chi connectivity index (χ0n) is 16.0. The Morgan fingerprint density at radius 3 is 2.96 bits per heavy atom. The van der Waals surface area contributed by atoms with Gasteiger partial charge in [-0.15, -0.1) is 0 Å². The van der Waals surface area contributed by atoms with Gasteiger partial charge >= 0.3 is 0 Å². The molecule has 0 amide bonds. The standard InChI is InChI=1S/C20H33N5O/c1-24-9-11-25(12-10-24)20-16(4-3-7-22-20)14-23-18-6-2-5-17(18)19-15-26-13-8-21-19/h3-4,7,17-19,21,23H,2,5-6,8-15H2,1H3. The predicted octanol–water partition coefficient (Wildman–Crippen LogP) is 1.08. The van der Waals surface area contributed by atoms with Crippen molar-refractivity contribution in [2.45, 2.75) is 37.9 Å². The highest BCUT2D eigenvalue weighted by Crippen LogP contribution is 2.30. The second-order valence-electron chi connectivity index (χ2n) is 7.99. The van der Waals surface area contributed by atoms with Crippen molar-refractivity contribution in [3.63, 3.8) is 0 Å². The summed E-state index contributed by atoms with van der Waals surface area (Å²) in [6.45, 7) is 7.97. The summed E-state index contributed by atoms with van der Waals surface area (Å²) < 4.78 is 5.70. The number of morpholine rings is 1. The Bertz CT molecular complexity index is 569. The van der Waals surface area contributed by atoms with Crippen molar-refractivity contribution in [3.8, 4) is 0 Å². The summed E-state index contributed by atoms with van der Waals surface area (Å²) in [5.41, 5.74) is 1.33. The van der Waals surface area contributed by atoms with Crippen molar-refractivity contribution in [1.82, 2.24) is 20.5 Å². The van der Waals surface area contributed by atoms with Crippen molar-refractivity contribution in [3.05, 3.63) is 23.9 Å². The molecule has 3 aliphatic rings. The van der Waals surface area contributed by atoms with E-state index in [1.165, 1.54) is 30.6 Å². The molecule has 2 N–H and O–H groups in total. The third-order valence-corrected chi connectivity index (χ3v) is 6.26. The molecule has 0 aromatic carbocycles. The summed E-state index contributed by atoms with van der Waals surface area (Å²) in [4.78, 5) is 9.55. The Morgan fingerprint density at radius 1 is 1.27 bits per heavy atom. The van der Waals surface area contributed by atoms with Gasteiger partial charge in [0.05, 0.1) is 13.2 Å². The molecule has 6 nitrogen and oxygen atoms in total. The highest BCUT2D eigenvalue weighted by molar-refractivity contribution is 5.47. The van der Waals surface area contributed by atoms with E-state index in [0.717, 1.165) is 52.5 Å². The molecule has 0 radical (unpaired) electrons. The summed E-state index contributed by atoms with van der Waals surface area (Å²) in [7, 11) is 2.20. The lowest BCUT2D eigenvalue weighted by Crippen LogP contribution is -2.50. The Hall–Kier alpha value is -1.21. The molecule has 1 aromatic rings. The highest BCUT2D eigenvalue weighted by Gasteiger charge is 2.34. The summed E-state index contributed by atoms with van der Waals surface area (Å²) in [6.07, 6.45) is 5.82. The minimum atomic E-state index is 0.509. The summed E-state index contributed by atoms with van der Waals surface area (Å²) >= 11 is 0. The molecule has 2 saturated heterocycles. The molecule has 144 valence electrons. The molecule has 6 heteroatoms. The van der Waals surface area contributed by atoms with E-state index in [0.29, 0.717) is 18.0 Å². The molecule has 3 fully saturated rings. The third kappa shape index (κ3) is 4.19. The van der Waals surface area contributed by atoms with Crippen molar-refractivity contribution >= 4 is 5.82 Å². The Kier molecular flexibility index (Phi) is 6.05. The fourth-order valence-corrected chi connectivity index (χ4v) is 4.70. The maximum atomic E-state index is 5.70. The van der Waals surface area contributed by atoms with Gasteiger partial charge in [0.25, 0.3) is 0 Å². The highest BCUT2D eigenvalue weighted by atomic mass is 16.5. The van der Waals surface area contributed by atoms with Gasteiger partial charge in [0.15, 0.2) is 0 Å². The molecule has 4 rings (SSSR count). The molecular weight excluding hydrogens is 326 g/mol. The number of hydrogen-bond donors (Lipinski definition) is 2. The normalized spacial score (nSPS) is 30.7. The number of ether oxygens (including phenoxy) is 1. The molecule has 0 bridgehead atoms. The van der Waals surface area contributed by atoms with Crippen LogP contribution in [0.3, 0.4) is 0 Å². The summed E-state index contributed by atoms with van der Waals surface area (Å²) in [5.74, 6) is 1.85. The number of likely N-dealkylation sites (N-methyl/N-ethyl adjacent to an activating group) is 1. The number of nitrogens with one attached hydrogen (secondary N) is 2. The molecule has 1 aromatic heterocycles. The number of nitrogens with zero attached hydrogens (tertiary/aromatic N) is 3. The molecule has 1 aliphatic carbocycles. The van der Waals surface area contributed by atoms with E-state index >= 15 is 0 Å². The largest absolute Gasteiger partial charge is 0.379 e. The summed E-state index contributed by atoms with van der Waals surface area (Å²) in [5, 5.41) is 7.53. The van der Waals surface area contributed by atoms with Crippen LogP contribution in [-0.2, 0) is 11.3 Å². The quantitative estimate of drug-likeness (QED) is 0.821. The predicted molar refractivity (Wildman–Crippen MR) is 105 cm³/mol. The van der Waals surface area contributed by atoms with Gasteiger partial charge in [-0.25, -0.2) is 4.98 Å². The molecule has 26 heavy (non-hydrogen) atoms. The minimum Gasteiger partial charge on any atom is -0.379 e. The van der Waals surface area contributed by atoms with E-state index in [9.17, 15) is 0 Å². The van der Waals surface area contributed by atoms with Crippen molar-refractivity contribution < 1.29 is 4.74 Å². The van der Waals surface area contributed by atoms with Crippen molar-refractivity contribution in [2.75, 3.05) is 57.9 Å². The Labute approximate surface area is 157 Å². The number of piperazine rings is 1. The molecule has 2 aliphatic heterocycles. The molecule has 1 saturated carbocycles. The molecule has 3 unspecified atom stereocenters. The lowest BCUT2D eigenvalue weighted by atomic mass is 9.94. The van der Waals surface area contributed by atoms with E-state index in [-0.39, 0.29) is 0 Å². The SMILES string of the molecule is CN1CCN(c2ncccc2CNC2CCCC2C2COCCN2)CC1. The first-order chi connectivity index (χ1) is 12.8. The number of anilines is 1. The fourth-order valence-electron chi connectivity index (χ4n) is 4.70. The van der Waals surface area contributed by atoms with Gasteiger partial charge in [-0.1, -0.05) is 12.5 Å². The Balaban J connectivity index is 1.38. The molecule has 3 heterocycles. The number of rotatable bonds is 5.